The number of amides is 1. The van der Waals surface area contributed by atoms with Crippen molar-refractivity contribution in [2.75, 3.05) is 25.0 Å². The maximum Gasteiger partial charge on any atom is 0.231 e. The first kappa shape index (κ1) is 15.8. The van der Waals surface area contributed by atoms with Crippen molar-refractivity contribution in [3.63, 3.8) is 0 Å². The lowest BCUT2D eigenvalue weighted by Gasteiger charge is -2.31. The summed E-state index contributed by atoms with van der Waals surface area (Å²) in [6.07, 6.45) is 3.48. The molecule has 3 N–H and O–H groups in total. The normalized spacial score (nSPS) is 16.5. The second-order valence-electron chi connectivity index (χ2n) is 6.43. The minimum absolute atomic E-state index is 0.289. The highest BCUT2D eigenvalue weighted by molar-refractivity contribution is 5.94. The van der Waals surface area contributed by atoms with Crippen molar-refractivity contribution < 1.29 is 9.18 Å². The average Bonchev–Trinajstić information content (AvgIpc) is 2.93. The number of aromatic nitrogens is 3. The standard InChI is InChI=1S/C17H19FN6O/c18-11-1-2-13-14(7-11)22-24-10-20-17(8-15(13)24)21-12-3-5-23(6-4-12)9-16(19)25/h1-2,7-8,10,12,21H,3-6,9H2,(H2,19,25). The van der Waals surface area contributed by atoms with Crippen LogP contribution in [0.5, 0.6) is 0 Å². The summed E-state index contributed by atoms with van der Waals surface area (Å²) in [5.74, 6) is 0.180. The Labute approximate surface area is 143 Å². The van der Waals surface area contributed by atoms with Crippen LogP contribution in [0.2, 0.25) is 0 Å². The molecule has 0 aliphatic carbocycles. The summed E-state index contributed by atoms with van der Waals surface area (Å²) in [6, 6.07) is 6.82. The maximum atomic E-state index is 13.4. The third-order valence-corrected chi connectivity index (χ3v) is 4.60. The molecule has 25 heavy (non-hydrogen) atoms. The smallest absolute Gasteiger partial charge is 0.231 e. The molecular weight excluding hydrogens is 323 g/mol. The minimum Gasteiger partial charge on any atom is -0.369 e. The number of fused-ring (bicyclic) bond motifs is 3. The first-order valence-electron chi connectivity index (χ1n) is 8.29. The van der Waals surface area contributed by atoms with Gasteiger partial charge in [-0.05, 0) is 25.0 Å². The fraction of sp³-hybridized carbons (Fsp3) is 0.353. The van der Waals surface area contributed by atoms with Crippen molar-refractivity contribution in [1.29, 1.82) is 0 Å². The summed E-state index contributed by atoms with van der Waals surface area (Å²) in [5, 5.41) is 8.67. The molecule has 7 nitrogen and oxygen atoms in total. The Morgan fingerprint density at radius 3 is 2.88 bits per heavy atom. The van der Waals surface area contributed by atoms with Crippen LogP contribution in [0.3, 0.4) is 0 Å². The number of carbonyl (C=O) groups is 1. The Balaban J connectivity index is 1.51. The molecule has 2 aromatic heterocycles. The molecule has 8 heteroatoms. The van der Waals surface area contributed by atoms with Gasteiger partial charge in [-0.3, -0.25) is 9.69 Å². The molecule has 0 saturated carbocycles. The summed E-state index contributed by atoms with van der Waals surface area (Å²) >= 11 is 0. The summed E-state index contributed by atoms with van der Waals surface area (Å²) in [4.78, 5) is 17.5. The van der Waals surface area contributed by atoms with Gasteiger partial charge in [0.1, 0.15) is 18.0 Å². The summed E-state index contributed by atoms with van der Waals surface area (Å²) < 4.78 is 15.0. The lowest BCUT2D eigenvalue weighted by Crippen LogP contribution is -2.43. The van der Waals surface area contributed by atoms with E-state index >= 15 is 0 Å². The Kier molecular flexibility index (Phi) is 3.96. The van der Waals surface area contributed by atoms with Gasteiger partial charge in [-0.25, -0.2) is 13.9 Å². The van der Waals surface area contributed by atoms with E-state index in [0.717, 1.165) is 42.7 Å². The average molecular weight is 342 g/mol. The Morgan fingerprint density at radius 2 is 2.12 bits per heavy atom. The van der Waals surface area contributed by atoms with Gasteiger partial charge in [0.15, 0.2) is 0 Å². The molecule has 1 aromatic carbocycles. The zero-order valence-corrected chi connectivity index (χ0v) is 13.7. The van der Waals surface area contributed by atoms with E-state index in [1.807, 2.05) is 6.07 Å². The lowest BCUT2D eigenvalue weighted by atomic mass is 10.1. The Bertz CT molecular complexity index is 931. The van der Waals surface area contributed by atoms with Crippen molar-refractivity contribution in [1.82, 2.24) is 19.5 Å². The SMILES string of the molecule is NC(=O)CN1CCC(Nc2cc3c4ccc(F)cc4nn3cn2)CC1. The predicted molar refractivity (Wildman–Crippen MR) is 92.7 cm³/mol. The molecule has 0 bridgehead atoms. The van der Waals surface area contributed by atoms with Crippen LogP contribution in [0.15, 0.2) is 30.6 Å². The van der Waals surface area contributed by atoms with Crippen LogP contribution < -0.4 is 11.1 Å². The van der Waals surface area contributed by atoms with Crippen molar-refractivity contribution in [2.45, 2.75) is 18.9 Å². The molecule has 1 aliphatic heterocycles. The van der Waals surface area contributed by atoms with E-state index in [1.54, 1.807) is 16.9 Å². The van der Waals surface area contributed by atoms with Crippen LogP contribution in [0.1, 0.15) is 12.8 Å². The number of carbonyl (C=O) groups excluding carboxylic acids is 1. The molecule has 1 aliphatic rings. The van der Waals surface area contributed by atoms with Gasteiger partial charge in [-0.2, -0.15) is 5.10 Å². The highest BCUT2D eigenvalue weighted by Gasteiger charge is 2.20. The molecule has 0 unspecified atom stereocenters. The zero-order chi connectivity index (χ0) is 17.4. The van der Waals surface area contributed by atoms with Crippen molar-refractivity contribution in [3.05, 3.63) is 36.4 Å². The zero-order valence-electron chi connectivity index (χ0n) is 13.7. The molecule has 0 spiro atoms. The molecular formula is C17H19FN6O. The van der Waals surface area contributed by atoms with Crippen molar-refractivity contribution >= 4 is 28.1 Å². The quantitative estimate of drug-likeness (QED) is 0.748. The van der Waals surface area contributed by atoms with Gasteiger partial charge in [-0.1, -0.05) is 0 Å². The summed E-state index contributed by atoms with van der Waals surface area (Å²) in [7, 11) is 0. The third-order valence-electron chi connectivity index (χ3n) is 4.60. The van der Waals surface area contributed by atoms with Gasteiger partial charge in [0.25, 0.3) is 0 Å². The minimum atomic E-state index is -0.301. The number of nitrogens with one attached hydrogen (secondary N) is 1. The number of anilines is 1. The van der Waals surface area contributed by atoms with Gasteiger partial charge in [0.05, 0.1) is 17.6 Å². The lowest BCUT2D eigenvalue weighted by molar-refractivity contribution is -0.119. The second-order valence-corrected chi connectivity index (χ2v) is 6.43. The van der Waals surface area contributed by atoms with E-state index in [4.69, 9.17) is 5.73 Å². The number of rotatable bonds is 4. The number of hydrogen-bond acceptors (Lipinski definition) is 5. The largest absolute Gasteiger partial charge is 0.369 e. The van der Waals surface area contributed by atoms with Gasteiger partial charge >= 0.3 is 0 Å². The van der Waals surface area contributed by atoms with Crippen LogP contribution in [-0.2, 0) is 4.79 Å². The van der Waals surface area contributed by atoms with E-state index in [-0.39, 0.29) is 11.7 Å². The second kappa shape index (κ2) is 6.29. The first-order valence-corrected chi connectivity index (χ1v) is 8.29. The molecule has 1 amide bonds. The van der Waals surface area contributed by atoms with Crippen molar-refractivity contribution in [3.8, 4) is 0 Å². The topological polar surface area (TPSA) is 88.5 Å². The summed E-state index contributed by atoms with van der Waals surface area (Å²) in [6.45, 7) is 1.98. The van der Waals surface area contributed by atoms with Gasteiger partial charge in [-0.15, -0.1) is 0 Å². The monoisotopic (exact) mass is 342 g/mol. The summed E-state index contributed by atoms with van der Waals surface area (Å²) in [5.41, 5.74) is 6.74. The third kappa shape index (κ3) is 3.25. The van der Waals surface area contributed by atoms with E-state index < -0.39 is 0 Å². The molecule has 3 aromatic rings. The fourth-order valence-corrected chi connectivity index (χ4v) is 3.36. The Hall–Kier alpha value is -2.74. The van der Waals surface area contributed by atoms with Crippen LogP contribution in [0, 0.1) is 5.82 Å². The van der Waals surface area contributed by atoms with Gasteiger partial charge in [0.2, 0.25) is 5.91 Å². The molecule has 130 valence electrons. The van der Waals surface area contributed by atoms with Crippen LogP contribution in [0.25, 0.3) is 16.4 Å². The van der Waals surface area contributed by atoms with Crippen molar-refractivity contribution in [2.24, 2.45) is 5.73 Å². The van der Waals surface area contributed by atoms with Crippen LogP contribution >= 0.6 is 0 Å². The number of piperidine rings is 1. The number of benzene rings is 1. The van der Waals surface area contributed by atoms with E-state index in [0.29, 0.717) is 18.1 Å². The number of hydrogen-bond donors (Lipinski definition) is 2. The number of nitrogens with two attached hydrogens (primary N) is 1. The number of likely N-dealkylation sites (tertiary alicyclic amines) is 1. The Morgan fingerprint density at radius 1 is 1.32 bits per heavy atom. The highest BCUT2D eigenvalue weighted by Crippen LogP contribution is 2.23. The molecule has 1 fully saturated rings. The number of halogens is 1. The highest BCUT2D eigenvalue weighted by atomic mass is 19.1. The molecule has 0 atom stereocenters. The maximum absolute atomic E-state index is 13.4. The predicted octanol–water partition coefficient (Wildman–Crippen LogP) is 1.38. The molecule has 0 radical (unpaired) electrons. The van der Waals surface area contributed by atoms with Crippen LogP contribution in [0.4, 0.5) is 10.2 Å². The number of primary amides is 1. The molecule has 4 rings (SSSR count). The first-order chi connectivity index (χ1) is 12.1. The van der Waals surface area contributed by atoms with E-state index in [1.165, 1.54) is 12.1 Å². The number of nitrogens with zero attached hydrogens (tertiary/aromatic N) is 4. The van der Waals surface area contributed by atoms with Gasteiger partial charge in [0, 0.05) is 36.7 Å². The molecule has 3 heterocycles. The van der Waals surface area contributed by atoms with Gasteiger partial charge < -0.3 is 11.1 Å². The molecule has 1 saturated heterocycles. The van der Waals surface area contributed by atoms with Crippen LogP contribution in [-0.4, -0.2) is 51.1 Å². The van der Waals surface area contributed by atoms with E-state index in [9.17, 15) is 9.18 Å². The fourth-order valence-electron chi connectivity index (χ4n) is 3.36. The van der Waals surface area contributed by atoms with E-state index in [2.05, 4.69) is 20.3 Å².